The fraction of sp³-hybridized carbons (Fsp3) is 0.231. The van der Waals surface area contributed by atoms with E-state index in [1.54, 1.807) is 18.2 Å². The van der Waals surface area contributed by atoms with Gasteiger partial charge >= 0.3 is 11.9 Å². The molecule has 0 heterocycles. The standard InChI is InChI=1S/C13H14O4/c1-4-5-9-6-10(12(14)16-2)8-11(7-9)13(15)17-3/h4,6-8H,1,5H2,2-3H3. The van der Waals surface area contributed by atoms with E-state index in [9.17, 15) is 9.59 Å². The molecule has 0 unspecified atom stereocenters. The summed E-state index contributed by atoms with van der Waals surface area (Å²) >= 11 is 0. The highest BCUT2D eigenvalue weighted by atomic mass is 16.5. The predicted molar refractivity (Wildman–Crippen MR) is 63.0 cm³/mol. The molecule has 0 spiro atoms. The molecule has 1 aromatic carbocycles. The predicted octanol–water partition coefficient (Wildman–Crippen LogP) is 1.99. The Kier molecular flexibility index (Phi) is 4.46. The van der Waals surface area contributed by atoms with E-state index in [0.717, 1.165) is 5.56 Å². The minimum absolute atomic E-state index is 0.326. The lowest BCUT2D eigenvalue weighted by molar-refractivity contribution is 0.0599. The van der Waals surface area contributed by atoms with E-state index >= 15 is 0 Å². The summed E-state index contributed by atoms with van der Waals surface area (Å²) in [6.07, 6.45) is 2.26. The van der Waals surface area contributed by atoms with Crippen LogP contribution in [0.4, 0.5) is 0 Å². The zero-order valence-electron chi connectivity index (χ0n) is 9.86. The lowest BCUT2D eigenvalue weighted by atomic mass is 10.0. The number of hydrogen-bond donors (Lipinski definition) is 0. The molecule has 0 saturated heterocycles. The van der Waals surface area contributed by atoms with Crippen molar-refractivity contribution in [3.63, 3.8) is 0 Å². The Morgan fingerprint density at radius 3 is 1.94 bits per heavy atom. The molecule has 0 N–H and O–H groups in total. The third kappa shape index (κ3) is 3.17. The fourth-order valence-electron chi connectivity index (χ4n) is 1.45. The van der Waals surface area contributed by atoms with Crippen molar-refractivity contribution in [3.05, 3.63) is 47.5 Å². The van der Waals surface area contributed by atoms with Gasteiger partial charge in [0.25, 0.3) is 0 Å². The van der Waals surface area contributed by atoms with E-state index in [1.165, 1.54) is 20.3 Å². The second-order valence-electron chi connectivity index (χ2n) is 3.39. The van der Waals surface area contributed by atoms with Gasteiger partial charge in [-0.1, -0.05) is 6.08 Å². The highest BCUT2D eigenvalue weighted by Gasteiger charge is 2.13. The Labute approximate surface area is 99.8 Å². The number of methoxy groups -OCH3 is 2. The van der Waals surface area contributed by atoms with Crippen molar-refractivity contribution in [2.75, 3.05) is 14.2 Å². The van der Waals surface area contributed by atoms with Crippen molar-refractivity contribution < 1.29 is 19.1 Å². The van der Waals surface area contributed by atoms with Crippen molar-refractivity contribution in [1.29, 1.82) is 0 Å². The van der Waals surface area contributed by atoms with Crippen LogP contribution in [0.1, 0.15) is 26.3 Å². The first-order valence-electron chi connectivity index (χ1n) is 5.04. The summed E-state index contributed by atoms with van der Waals surface area (Å²) in [5.74, 6) is -0.970. The van der Waals surface area contributed by atoms with Gasteiger partial charge in [-0.15, -0.1) is 6.58 Å². The number of rotatable bonds is 4. The molecule has 4 heteroatoms. The summed E-state index contributed by atoms with van der Waals surface area (Å²) in [6, 6.07) is 4.78. The van der Waals surface area contributed by atoms with Gasteiger partial charge in [-0.25, -0.2) is 9.59 Å². The van der Waals surface area contributed by atoms with Crippen molar-refractivity contribution in [3.8, 4) is 0 Å². The monoisotopic (exact) mass is 234 g/mol. The van der Waals surface area contributed by atoms with Gasteiger partial charge in [0.2, 0.25) is 0 Å². The van der Waals surface area contributed by atoms with Crippen molar-refractivity contribution >= 4 is 11.9 Å². The summed E-state index contributed by atoms with van der Waals surface area (Å²) in [7, 11) is 2.58. The molecule has 0 saturated carbocycles. The van der Waals surface area contributed by atoms with E-state index in [4.69, 9.17) is 0 Å². The first kappa shape index (κ1) is 13.0. The molecule has 0 radical (unpaired) electrons. The lowest BCUT2D eigenvalue weighted by Crippen LogP contribution is -2.07. The summed E-state index contributed by atoms with van der Waals surface area (Å²) in [5, 5.41) is 0. The van der Waals surface area contributed by atoms with Gasteiger partial charge in [0, 0.05) is 0 Å². The third-order valence-corrected chi connectivity index (χ3v) is 2.22. The van der Waals surface area contributed by atoms with E-state index in [-0.39, 0.29) is 0 Å². The number of allylic oxidation sites excluding steroid dienone is 1. The largest absolute Gasteiger partial charge is 0.465 e. The van der Waals surface area contributed by atoms with Crippen LogP contribution in [0.2, 0.25) is 0 Å². The van der Waals surface area contributed by atoms with Crippen LogP contribution in [0.25, 0.3) is 0 Å². The highest BCUT2D eigenvalue weighted by molar-refractivity contribution is 5.95. The van der Waals surface area contributed by atoms with Crippen molar-refractivity contribution in [1.82, 2.24) is 0 Å². The third-order valence-electron chi connectivity index (χ3n) is 2.22. The molecule has 0 aliphatic rings. The highest BCUT2D eigenvalue weighted by Crippen LogP contribution is 2.13. The van der Waals surface area contributed by atoms with Crippen molar-refractivity contribution in [2.24, 2.45) is 0 Å². The van der Waals surface area contributed by atoms with Gasteiger partial charge in [0.05, 0.1) is 25.3 Å². The fourth-order valence-corrected chi connectivity index (χ4v) is 1.45. The Morgan fingerprint density at radius 1 is 1.12 bits per heavy atom. The molecule has 0 bridgehead atoms. The summed E-state index contributed by atoms with van der Waals surface area (Å²) in [6.45, 7) is 3.61. The van der Waals surface area contributed by atoms with E-state index < -0.39 is 11.9 Å². The number of carbonyl (C=O) groups excluding carboxylic acids is 2. The number of carbonyl (C=O) groups is 2. The molecule has 0 aliphatic carbocycles. The first-order valence-corrected chi connectivity index (χ1v) is 5.04. The smallest absolute Gasteiger partial charge is 0.337 e. The minimum atomic E-state index is -0.485. The SMILES string of the molecule is C=CCc1cc(C(=O)OC)cc(C(=O)OC)c1. The maximum absolute atomic E-state index is 11.4. The number of ether oxygens (including phenoxy) is 2. The lowest BCUT2D eigenvalue weighted by Gasteiger charge is -2.06. The Morgan fingerprint density at radius 2 is 1.59 bits per heavy atom. The van der Waals surface area contributed by atoms with Gasteiger partial charge in [-0.2, -0.15) is 0 Å². The molecule has 0 amide bonds. The molecule has 4 nitrogen and oxygen atoms in total. The number of esters is 2. The van der Waals surface area contributed by atoms with E-state index in [1.807, 2.05) is 0 Å². The minimum Gasteiger partial charge on any atom is -0.465 e. The van der Waals surface area contributed by atoms with E-state index in [0.29, 0.717) is 17.5 Å². The number of hydrogen-bond acceptors (Lipinski definition) is 4. The summed E-state index contributed by atoms with van der Waals surface area (Å²) < 4.78 is 9.24. The molecular weight excluding hydrogens is 220 g/mol. The molecule has 0 aliphatic heterocycles. The van der Waals surface area contributed by atoms with Crippen molar-refractivity contribution in [2.45, 2.75) is 6.42 Å². The molecule has 17 heavy (non-hydrogen) atoms. The molecule has 1 aromatic rings. The average Bonchev–Trinajstić information content (AvgIpc) is 2.36. The molecule has 0 fully saturated rings. The van der Waals surface area contributed by atoms with E-state index in [2.05, 4.69) is 16.1 Å². The van der Waals surface area contributed by atoms with Gasteiger partial charge in [0.15, 0.2) is 0 Å². The second-order valence-corrected chi connectivity index (χ2v) is 3.39. The maximum Gasteiger partial charge on any atom is 0.337 e. The van der Waals surface area contributed by atoms with Gasteiger partial charge in [-0.05, 0) is 30.2 Å². The van der Waals surface area contributed by atoms with Crippen LogP contribution < -0.4 is 0 Å². The topological polar surface area (TPSA) is 52.6 Å². The van der Waals surface area contributed by atoms with Crippen LogP contribution in [-0.4, -0.2) is 26.2 Å². The van der Waals surface area contributed by atoms with Crippen LogP contribution in [-0.2, 0) is 15.9 Å². The Bertz CT molecular complexity index is 414. The summed E-state index contributed by atoms with van der Waals surface area (Å²) in [4.78, 5) is 22.9. The van der Waals surface area contributed by atoms with Crippen LogP contribution in [0.15, 0.2) is 30.9 Å². The molecule has 1 rings (SSSR count). The van der Waals surface area contributed by atoms with Gasteiger partial charge in [0.1, 0.15) is 0 Å². The quantitative estimate of drug-likeness (QED) is 0.590. The normalized spacial score (nSPS) is 9.53. The van der Waals surface area contributed by atoms with Crippen LogP contribution >= 0.6 is 0 Å². The zero-order valence-corrected chi connectivity index (χ0v) is 9.86. The maximum atomic E-state index is 11.4. The first-order chi connectivity index (χ1) is 8.12. The molecule has 0 aromatic heterocycles. The average molecular weight is 234 g/mol. The number of benzene rings is 1. The molecule has 0 atom stereocenters. The van der Waals surface area contributed by atoms with Gasteiger partial charge in [-0.3, -0.25) is 0 Å². The summed E-state index contributed by atoms with van der Waals surface area (Å²) in [5.41, 5.74) is 1.46. The molecule has 90 valence electrons. The Hall–Kier alpha value is -2.10. The second kappa shape index (κ2) is 5.84. The van der Waals surface area contributed by atoms with Crippen LogP contribution in [0, 0.1) is 0 Å². The Balaban J connectivity index is 3.22. The van der Waals surface area contributed by atoms with Crippen LogP contribution in [0.3, 0.4) is 0 Å². The van der Waals surface area contributed by atoms with Gasteiger partial charge < -0.3 is 9.47 Å². The zero-order chi connectivity index (χ0) is 12.8. The van der Waals surface area contributed by atoms with Crippen LogP contribution in [0.5, 0.6) is 0 Å². The molecular formula is C13H14O4.